The molecule has 6 nitrogen and oxygen atoms in total. The van der Waals surface area contributed by atoms with Crippen LogP contribution >= 0.6 is 0 Å². The minimum absolute atomic E-state index is 0.154. The zero-order valence-electron chi connectivity index (χ0n) is 13.6. The number of rotatable bonds is 4. The van der Waals surface area contributed by atoms with Gasteiger partial charge in [-0.15, -0.1) is 0 Å². The number of likely N-dealkylation sites (tertiary alicyclic amines) is 1. The first-order chi connectivity index (χ1) is 11.0. The van der Waals surface area contributed by atoms with E-state index < -0.39 is 10.0 Å². The standard InChI is InChI=1S/C16H25N3O3S/c1-2-23(20,21)19-10-11-22-16(14-19)7-5-9-18(13-16)12-15-6-3-4-8-17-15/h3-4,6,8H,2,5,7,9-14H2,1H3/t16-/m0/s1. The van der Waals surface area contributed by atoms with E-state index in [0.717, 1.165) is 38.2 Å². The summed E-state index contributed by atoms with van der Waals surface area (Å²) in [6.45, 7) is 5.68. The van der Waals surface area contributed by atoms with Gasteiger partial charge in [0.05, 0.1) is 23.7 Å². The Balaban J connectivity index is 1.69. The molecule has 1 spiro atoms. The number of ether oxygens (including phenoxy) is 1. The molecule has 0 aromatic carbocycles. The Kier molecular flexibility index (Phi) is 5.01. The van der Waals surface area contributed by atoms with E-state index in [0.29, 0.717) is 19.7 Å². The molecule has 0 bridgehead atoms. The average molecular weight is 339 g/mol. The van der Waals surface area contributed by atoms with E-state index in [9.17, 15) is 8.42 Å². The minimum Gasteiger partial charge on any atom is -0.371 e. The van der Waals surface area contributed by atoms with Gasteiger partial charge in [0, 0.05) is 32.4 Å². The molecule has 3 rings (SSSR count). The summed E-state index contributed by atoms with van der Waals surface area (Å²) >= 11 is 0. The Morgan fingerprint density at radius 3 is 2.91 bits per heavy atom. The number of sulfonamides is 1. The molecule has 1 atom stereocenters. The molecule has 2 fully saturated rings. The highest BCUT2D eigenvalue weighted by molar-refractivity contribution is 7.89. The summed E-state index contributed by atoms with van der Waals surface area (Å²) in [6, 6.07) is 5.94. The van der Waals surface area contributed by atoms with Crippen LogP contribution in [-0.4, -0.2) is 66.7 Å². The number of aromatic nitrogens is 1. The van der Waals surface area contributed by atoms with E-state index in [1.54, 1.807) is 11.2 Å². The summed E-state index contributed by atoms with van der Waals surface area (Å²) in [5, 5.41) is 0. The van der Waals surface area contributed by atoms with Crippen LogP contribution in [0.5, 0.6) is 0 Å². The van der Waals surface area contributed by atoms with Gasteiger partial charge in [0.25, 0.3) is 0 Å². The molecule has 2 saturated heterocycles. The lowest BCUT2D eigenvalue weighted by Gasteiger charge is -2.47. The maximum atomic E-state index is 12.2. The predicted octanol–water partition coefficient (Wildman–Crippen LogP) is 1.10. The molecule has 23 heavy (non-hydrogen) atoms. The van der Waals surface area contributed by atoms with Crippen molar-refractivity contribution in [3.05, 3.63) is 30.1 Å². The maximum Gasteiger partial charge on any atom is 0.214 e. The Bertz CT molecular complexity index is 619. The van der Waals surface area contributed by atoms with Gasteiger partial charge >= 0.3 is 0 Å². The van der Waals surface area contributed by atoms with Gasteiger partial charge in [-0.1, -0.05) is 6.07 Å². The van der Waals surface area contributed by atoms with Gasteiger partial charge in [0.1, 0.15) is 0 Å². The fraction of sp³-hybridized carbons (Fsp3) is 0.688. The summed E-state index contributed by atoms with van der Waals surface area (Å²) in [6.07, 6.45) is 3.75. The Morgan fingerprint density at radius 1 is 1.30 bits per heavy atom. The van der Waals surface area contributed by atoms with Crippen molar-refractivity contribution in [2.45, 2.75) is 31.9 Å². The number of piperidine rings is 1. The van der Waals surface area contributed by atoms with Crippen LogP contribution < -0.4 is 0 Å². The van der Waals surface area contributed by atoms with Crippen LogP contribution in [0.15, 0.2) is 24.4 Å². The lowest BCUT2D eigenvalue weighted by Crippen LogP contribution is -2.60. The maximum absolute atomic E-state index is 12.2. The van der Waals surface area contributed by atoms with Gasteiger partial charge in [-0.2, -0.15) is 4.31 Å². The summed E-state index contributed by atoms with van der Waals surface area (Å²) in [4.78, 5) is 6.71. The lowest BCUT2D eigenvalue weighted by molar-refractivity contribution is -0.125. The number of pyridine rings is 1. The normalized spacial score (nSPS) is 27.3. The number of morpholine rings is 1. The first-order valence-corrected chi connectivity index (χ1v) is 9.88. The average Bonchev–Trinajstić information content (AvgIpc) is 2.56. The van der Waals surface area contributed by atoms with E-state index in [4.69, 9.17) is 4.74 Å². The molecule has 128 valence electrons. The van der Waals surface area contributed by atoms with Crippen LogP contribution in [0.3, 0.4) is 0 Å². The third-order valence-electron chi connectivity index (χ3n) is 4.70. The first kappa shape index (κ1) is 16.8. The van der Waals surface area contributed by atoms with Crippen molar-refractivity contribution in [1.82, 2.24) is 14.2 Å². The molecule has 3 heterocycles. The summed E-state index contributed by atoms with van der Waals surface area (Å²) in [5.74, 6) is 0.154. The molecule has 1 aromatic heterocycles. The van der Waals surface area contributed by atoms with Gasteiger partial charge in [0.15, 0.2) is 0 Å². The van der Waals surface area contributed by atoms with E-state index >= 15 is 0 Å². The predicted molar refractivity (Wildman–Crippen MR) is 88.5 cm³/mol. The van der Waals surface area contributed by atoms with Crippen molar-refractivity contribution >= 4 is 10.0 Å². The summed E-state index contributed by atoms with van der Waals surface area (Å²) in [7, 11) is -3.15. The van der Waals surface area contributed by atoms with Gasteiger partial charge in [-0.05, 0) is 38.4 Å². The Labute approximate surface area is 138 Å². The highest BCUT2D eigenvalue weighted by Crippen LogP contribution is 2.30. The number of hydrogen-bond acceptors (Lipinski definition) is 5. The molecule has 7 heteroatoms. The van der Waals surface area contributed by atoms with Crippen LogP contribution in [0, 0.1) is 0 Å². The second kappa shape index (κ2) is 6.84. The van der Waals surface area contributed by atoms with E-state index in [1.165, 1.54) is 0 Å². The first-order valence-electron chi connectivity index (χ1n) is 8.27. The van der Waals surface area contributed by atoms with Crippen molar-refractivity contribution in [1.29, 1.82) is 0 Å². The van der Waals surface area contributed by atoms with Crippen LogP contribution in [0.4, 0.5) is 0 Å². The molecule has 2 aliphatic rings. The summed E-state index contributed by atoms with van der Waals surface area (Å²) < 4.78 is 32.1. The van der Waals surface area contributed by atoms with Gasteiger partial charge in [-0.3, -0.25) is 9.88 Å². The zero-order chi connectivity index (χ0) is 16.3. The Morgan fingerprint density at radius 2 is 2.17 bits per heavy atom. The van der Waals surface area contributed by atoms with Crippen molar-refractivity contribution in [3.8, 4) is 0 Å². The van der Waals surface area contributed by atoms with Gasteiger partial charge in [0.2, 0.25) is 10.0 Å². The molecule has 0 radical (unpaired) electrons. The molecule has 0 saturated carbocycles. The quantitative estimate of drug-likeness (QED) is 0.822. The smallest absolute Gasteiger partial charge is 0.214 e. The van der Waals surface area contributed by atoms with Crippen molar-refractivity contribution in [3.63, 3.8) is 0 Å². The van der Waals surface area contributed by atoms with Gasteiger partial charge < -0.3 is 4.74 Å². The largest absolute Gasteiger partial charge is 0.371 e. The second-order valence-electron chi connectivity index (χ2n) is 6.40. The number of hydrogen-bond donors (Lipinski definition) is 0. The highest BCUT2D eigenvalue weighted by atomic mass is 32.2. The van der Waals surface area contributed by atoms with Crippen LogP contribution in [0.2, 0.25) is 0 Å². The second-order valence-corrected chi connectivity index (χ2v) is 8.66. The SMILES string of the molecule is CCS(=O)(=O)N1CCO[C@]2(CCCN(Cc3ccccn3)C2)C1. The van der Waals surface area contributed by atoms with Crippen LogP contribution in [0.1, 0.15) is 25.5 Å². The molecule has 0 unspecified atom stereocenters. The molecular formula is C16H25N3O3S. The molecular weight excluding hydrogens is 314 g/mol. The van der Waals surface area contributed by atoms with Crippen molar-refractivity contribution in [2.24, 2.45) is 0 Å². The van der Waals surface area contributed by atoms with E-state index in [-0.39, 0.29) is 11.4 Å². The third kappa shape index (κ3) is 3.91. The van der Waals surface area contributed by atoms with E-state index in [1.807, 2.05) is 24.4 Å². The third-order valence-corrected chi connectivity index (χ3v) is 6.53. The fourth-order valence-electron chi connectivity index (χ4n) is 3.52. The topological polar surface area (TPSA) is 62.7 Å². The van der Waals surface area contributed by atoms with Crippen LogP contribution in [-0.2, 0) is 21.3 Å². The van der Waals surface area contributed by atoms with Crippen LogP contribution in [0.25, 0.3) is 0 Å². The lowest BCUT2D eigenvalue weighted by atomic mass is 9.91. The molecule has 1 aromatic rings. The van der Waals surface area contributed by atoms with E-state index in [2.05, 4.69) is 9.88 Å². The molecule has 0 aliphatic carbocycles. The van der Waals surface area contributed by atoms with Crippen molar-refractivity contribution < 1.29 is 13.2 Å². The molecule has 2 aliphatic heterocycles. The minimum atomic E-state index is -3.15. The monoisotopic (exact) mass is 339 g/mol. The fourth-order valence-corrected chi connectivity index (χ4v) is 4.67. The highest BCUT2D eigenvalue weighted by Gasteiger charge is 2.43. The number of nitrogens with zero attached hydrogens (tertiary/aromatic N) is 3. The molecule has 0 N–H and O–H groups in total. The summed E-state index contributed by atoms with van der Waals surface area (Å²) in [5.41, 5.74) is 0.673. The Hall–Kier alpha value is -1.02. The van der Waals surface area contributed by atoms with Crippen molar-refractivity contribution in [2.75, 3.05) is 38.5 Å². The van der Waals surface area contributed by atoms with Gasteiger partial charge in [-0.25, -0.2) is 8.42 Å². The zero-order valence-corrected chi connectivity index (χ0v) is 14.5. The molecule has 0 amide bonds.